The third kappa shape index (κ3) is 3.98. The first-order valence-electron chi connectivity index (χ1n) is 5.81. The predicted octanol–water partition coefficient (Wildman–Crippen LogP) is -0.552. The lowest BCUT2D eigenvalue weighted by Crippen LogP contribution is -2.43. The standard InChI is InChI=1S/C11H20N2O4/c1-7(11(15)16)3-4-13-10(14)8-5-17-6-9(8)12-2/h7-9,12H,3-6H2,1-2H3,(H,13,14)(H,15,16). The number of carbonyl (C=O) groups is 2. The van der Waals surface area contributed by atoms with Crippen LogP contribution < -0.4 is 10.6 Å². The molecule has 0 bridgehead atoms. The van der Waals surface area contributed by atoms with Gasteiger partial charge in [0.05, 0.1) is 25.0 Å². The molecule has 1 aliphatic heterocycles. The Labute approximate surface area is 101 Å². The lowest BCUT2D eigenvalue weighted by atomic mass is 10.0. The molecule has 6 heteroatoms. The first kappa shape index (κ1) is 13.9. The number of hydrogen-bond acceptors (Lipinski definition) is 4. The second kappa shape index (κ2) is 6.56. The van der Waals surface area contributed by atoms with Gasteiger partial charge in [0.15, 0.2) is 0 Å². The van der Waals surface area contributed by atoms with Gasteiger partial charge < -0.3 is 20.5 Å². The van der Waals surface area contributed by atoms with Crippen molar-refractivity contribution in [2.24, 2.45) is 11.8 Å². The summed E-state index contributed by atoms with van der Waals surface area (Å²) in [4.78, 5) is 22.4. The van der Waals surface area contributed by atoms with E-state index in [0.29, 0.717) is 26.2 Å². The Bertz CT molecular complexity index is 283. The Morgan fingerprint density at radius 1 is 1.47 bits per heavy atom. The molecule has 0 aromatic heterocycles. The topological polar surface area (TPSA) is 87.7 Å². The highest BCUT2D eigenvalue weighted by Gasteiger charge is 2.32. The molecular formula is C11H20N2O4. The van der Waals surface area contributed by atoms with Gasteiger partial charge in [-0.2, -0.15) is 0 Å². The average molecular weight is 244 g/mol. The molecule has 0 aromatic rings. The summed E-state index contributed by atoms with van der Waals surface area (Å²) in [6.45, 7) is 2.98. The van der Waals surface area contributed by atoms with Gasteiger partial charge in [0.1, 0.15) is 0 Å². The minimum atomic E-state index is -0.837. The van der Waals surface area contributed by atoms with Crippen molar-refractivity contribution in [3.63, 3.8) is 0 Å². The van der Waals surface area contributed by atoms with Crippen molar-refractivity contribution < 1.29 is 19.4 Å². The van der Waals surface area contributed by atoms with Crippen LogP contribution in [0.2, 0.25) is 0 Å². The van der Waals surface area contributed by atoms with E-state index in [9.17, 15) is 9.59 Å². The number of nitrogens with one attached hydrogen (secondary N) is 2. The molecular weight excluding hydrogens is 224 g/mol. The molecule has 0 spiro atoms. The molecule has 3 atom stereocenters. The van der Waals surface area contributed by atoms with Crippen LogP contribution in [0, 0.1) is 11.8 Å². The maximum absolute atomic E-state index is 11.8. The van der Waals surface area contributed by atoms with Crippen molar-refractivity contribution in [2.45, 2.75) is 19.4 Å². The van der Waals surface area contributed by atoms with Gasteiger partial charge in [-0.25, -0.2) is 0 Å². The SMILES string of the molecule is CNC1COCC1C(=O)NCCC(C)C(=O)O. The largest absolute Gasteiger partial charge is 0.481 e. The lowest BCUT2D eigenvalue weighted by molar-refractivity contribution is -0.141. The van der Waals surface area contributed by atoms with E-state index in [2.05, 4.69) is 10.6 Å². The summed E-state index contributed by atoms with van der Waals surface area (Å²) in [5.74, 6) is -1.52. The highest BCUT2D eigenvalue weighted by Crippen LogP contribution is 2.13. The number of hydrogen-bond donors (Lipinski definition) is 3. The third-order valence-corrected chi connectivity index (χ3v) is 3.09. The summed E-state index contributed by atoms with van der Waals surface area (Å²) < 4.78 is 5.23. The second-order valence-electron chi connectivity index (χ2n) is 4.36. The van der Waals surface area contributed by atoms with Crippen molar-refractivity contribution in [3.8, 4) is 0 Å². The average Bonchev–Trinajstić information content (AvgIpc) is 2.76. The zero-order valence-corrected chi connectivity index (χ0v) is 10.2. The van der Waals surface area contributed by atoms with Gasteiger partial charge in [-0.3, -0.25) is 9.59 Å². The van der Waals surface area contributed by atoms with Gasteiger partial charge in [0.25, 0.3) is 0 Å². The maximum atomic E-state index is 11.8. The van der Waals surface area contributed by atoms with Crippen molar-refractivity contribution in [2.75, 3.05) is 26.8 Å². The van der Waals surface area contributed by atoms with Crippen molar-refractivity contribution >= 4 is 11.9 Å². The Morgan fingerprint density at radius 3 is 2.76 bits per heavy atom. The van der Waals surface area contributed by atoms with E-state index < -0.39 is 11.9 Å². The molecule has 0 aromatic carbocycles. The number of carboxylic acids is 1. The molecule has 0 saturated carbocycles. The molecule has 1 amide bonds. The van der Waals surface area contributed by atoms with Gasteiger partial charge in [0, 0.05) is 12.6 Å². The zero-order chi connectivity index (χ0) is 12.8. The molecule has 17 heavy (non-hydrogen) atoms. The van der Waals surface area contributed by atoms with Crippen LogP contribution in [0.5, 0.6) is 0 Å². The number of ether oxygens (including phenoxy) is 1. The summed E-state index contributed by atoms with van der Waals surface area (Å²) in [7, 11) is 1.80. The van der Waals surface area contributed by atoms with Crippen LogP contribution in [-0.4, -0.2) is 49.8 Å². The van der Waals surface area contributed by atoms with Crippen molar-refractivity contribution in [3.05, 3.63) is 0 Å². The van der Waals surface area contributed by atoms with Crippen LogP contribution in [0.3, 0.4) is 0 Å². The summed E-state index contributed by atoms with van der Waals surface area (Å²) in [5.41, 5.74) is 0. The smallest absolute Gasteiger partial charge is 0.306 e. The summed E-state index contributed by atoms with van der Waals surface area (Å²) in [5, 5.41) is 14.5. The molecule has 98 valence electrons. The lowest BCUT2D eigenvalue weighted by Gasteiger charge is -2.16. The number of rotatable bonds is 6. The van der Waals surface area contributed by atoms with Gasteiger partial charge in [-0.1, -0.05) is 6.92 Å². The summed E-state index contributed by atoms with van der Waals surface area (Å²) >= 11 is 0. The second-order valence-corrected chi connectivity index (χ2v) is 4.36. The molecule has 1 heterocycles. The maximum Gasteiger partial charge on any atom is 0.306 e. The molecule has 3 N–H and O–H groups in total. The molecule has 0 radical (unpaired) electrons. The fraction of sp³-hybridized carbons (Fsp3) is 0.818. The Balaban J connectivity index is 2.27. The van der Waals surface area contributed by atoms with E-state index in [0.717, 1.165) is 0 Å². The molecule has 1 aliphatic rings. The number of amides is 1. The van der Waals surface area contributed by atoms with E-state index >= 15 is 0 Å². The van der Waals surface area contributed by atoms with Gasteiger partial charge in [0.2, 0.25) is 5.91 Å². The summed E-state index contributed by atoms with van der Waals surface area (Å²) in [6.07, 6.45) is 0.443. The number of likely N-dealkylation sites (N-methyl/N-ethyl adjacent to an activating group) is 1. The van der Waals surface area contributed by atoms with E-state index in [1.54, 1.807) is 14.0 Å². The van der Waals surface area contributed by atoms with E-state index in [4.69, 9.17) is 9.84 Å². The normalized spacial score (nSPS) is 25.5. The van der Waals surface area contributed by atoms with Crippen LogP contribution in [0.1, 0.15) is 13.3 Å². The molecule has 1 rings (SSSR count). The van der Waals surface area contributed by atoms with Crippen LogP contribution in [0.25, 0.3) is 0 Å². The van der Waals surface area contributed by atoms with Gasteiger partial charge in [-0.05, 0) is 13.5 Å². The van der Waals surface area contributed by atoms with Crippen LogP contribution >= 0.6 is 0 Å². The first-order chi connectivity index (χ1) is 8.06. The molecule has 1 fully saturated rings. The van der Waals surface area contributed by atoms with Crippen LogP contribution in [0.15, 0.2) is 0 Å². The molecule has 3 unspecified atom stereocenters. The predicted molar refractivity (Wildman–Crippen MR) is 61.6 cm³/mol. The zero-order valence-electron chi connectivity index (χ0n) is 10.2. The Kier molecular flexibility index (Phi) is 5.37. The molecule has 0 aliphatic carbocycles. The van der Waals surface area contributed by atoms with E-state index in [-0.39, 0.29) is 17.9 Å². The van der Waals surface area contributed by atoms with Crippen molar-refractivity contribution in [1.82, 2.24) is 10.6 Å². The minimum Gasteiger partial charge on any atom is -0.481 e. The Hall–Kier alpha value is -1.14. The monoisotopic (exact) mass is 244 g/mol. The number of carbonyl (C=O) groups excluding carboxylic acids is 1. The fourth-order valence-electron chi connectivity index (χ4n) is 1.76. The number of carboxylic acid groups (broad SMARTS) is 1. The highest BCUT2D eigenvalue weighted by atomic mass is 16.5. The number of aliphatic carboxylic acids is 1. The Morgan fingerprint density at radius 2 is 2.18 bits per heavy atom. The quantitative estimate of drug-likeness (QED) is 0.583. The molecule has 1 saturated heterocycles. The van der Waals surface area contributed by atoms with Crippen LogP contribution in [-0.2, 0) is 14.3 Å². The highest BCUT2D eigenvalue weighted by molar-refractivity contribution is 5.80. The third-order valence-electron chi connectivity index (χ3n) is 3.09. The minimum absolute atomic E-state index is 0.0481. The van der Waals surface area contributed by atoms with Gasteiger partial charge >= 0.3 is 5.97 Å². The van der Waals surface area contributed by atoms with E-state index in [1.165, 1.54) is 0 Å². The van der Waals surface area contributed by atoms with Gasteiger partial charge in [-0.15, -0.1) is 0 Å². The van der Waals surface area contributed by atoms with Crippen LogP contribution in [0.4, 0.5) is 0 Å². The molecule has 6 nitrogen and oxygen atoms in total. The van der Waals surface area contributed by atoms with Crippen molar-refractivity contribution in [1.29, 1.82) is 0 Å². The fourth-order valence-corrected chi connectivity index (χ4v) is 1.76. The van der Waals surface area contributed by atoms with E-state index in [1.807, 2.05) is 0 Å². The summed E-state index contributed by atoms with van der Waals surface area (Å²) in [6, 6.07) is 0.0481. The first-order valence-corrected chi connectivity index (χ1v) is 5.81.